The number of nitrogens with two attached hydrogens (primary N) is 2. The Labute approximate surface area is 125 Å². The molecule has 2 fully saturated rings. The van der Waals surface area contributed by atoms with Crippen molar-refractivity contribution >= 4 is 17.3 Å². The summed E-state index contributed by atoms with van der Waals surface area (Å²) >= 11 is 0. The third-order valence-corrected chi connectivity index (χ3v) is 4.72. The number of anilines is 2. The number of primary amides is 1. The first kappa shape index (κ1) is 14.2. The number of hydrogen-bond donors (Lipinski definition) is 2. The van der Waals surface area contributed by atoms with Crippen LogP contribution in [0.3, 0.4) is 0 Å². The Morgan fingerprint density at radius 2 is 1.90 bits per heavy atom. The van der Waals surface area contributed by atoms with Gasteiger partial charge in [-0.15, -0.1) is 0 Å². The van der Waals surface area contributed by atoms with Gasteiger partial charge < -0.3 is 16.4 Å². The number of carbonyl (C=O) groups excluding carboxylic acids is 1. The lowest BCUT2D eigenvalue weighted by Crippen LogP contribution is -2.41. The molecule has 21 heavy (non-hydrogen) atoms. The minimum absolute atomic E-state index is 0.404. The molecule has 2 aliphatic rings. The van der Waals surface area contributed by atoms with Crippen molar-refractivity contribution in [1.82, 2.24) is 4.90 Å². The number of carbonyl (C=O) groups is 1. The summed E-state index contributed by atoms with van der Waals surface area (Å²) < 4.78 is 0. The van der Waals surface area contributed by atoms with Crippen LogP contribution in [0.15, 0.2) is 18.2 Å². The fourth-order valence-corrected chi connectivity index (χ4v) is 3.64. The molecule has 0 bridgehead atoms. The quantitative estimate of drug-likeness (QED) is 0.825. The van der Waals surface area contributed by atoms with E-state index in [4.69, 9.17) is 11.5 Å². The number of benzene rings is 1. The molecule has 1 amide bonds. The molecular formula is C16H24N4O. The van der Waals surface area contributed by atoms with Gasteiger partial charge in [0.1, 0.15) is 0 Å². The number of rotatable bonds is 3. The van der Waals surface area contributed by atoms with Gasteiger partial charge in [0.15, 0.2) is 0 Å². The van der Waals surface area contributed by atoms with Crippen LogP contribution in [0.1, 0.15) is 36.0 Å². The van der Waals surface area contributed by atoms with Crippen LogP contribution < -0.4 is 16.4 Å². The zero-order chi connectivity index (χ0) is 14.8. The summed E-state index contributed by atoms with van der Waals surface area (Å²) in [4.78, 5) is 16.5. The van der Waals surface area contributed by atoms with Crippen molar-refractivity contribution < 1.29 is 4.79 Å². The average Bonchev–Trinajstić information content (AvgIpc) is 2.97. The largest absolute Gasteiger partial charge is 0.397 e. The van der Waals surface area contributed by atoms with Crippen LogP contribution in [0, 0.1) is 0 Å². The van der Waals surface area contributed by atoms with E-state index in [1.807, 2.05) is 6.07 Å². The summed E-state index contributed by atoms with van der Waals surface area (Å²) in [6.45, 7) is 4.28. The summed E-state index contributed by atoms with van der Waals surface area (Å²) in [7, 11) is 0. The molecule has 1 aromatic carbocycles. The molecular weight excluding hydrogens is 264 g/mol. The molecule has 114 valence electrons. The molecule has 5 nitrogen and oxygen atoms in total. The van der Waals surface area contributed by atoms with E-state index in [1.54, 1.807) is 12.1 Å². The van der Waals surface area contributed by atoms with Crippen molar-refractivity contribution in [2.75, 3.05) is 36.8 Å². The van der Waals surface area contributed by atoms with Gasteiger partial charge in [-0.2, -0.15) is 0 Å². The molecule has 2 aliphatic heterocycles. The van der Waals surface area contributed by atoms with E-state index in [2.05, 4.69) is 9.80 Å². The number of amides is 1. The van der Waals surface area contributed by atoms with Crippen molar-refractivity contribution in [3.63, 3.8) is 0 Å². The first-order valence-electron chi connectivity index (χ1n) is 7.84. The summed E-state index contributed by atoms with van der Waals surface area (Å²) in [6, 6.07) is 5.97. The number of para-hydroxylation sites is 1. The van der Waals surface area contributed by atoms with Gasteiger partial charge in [0, 0.05) is 19.1 Å². The third kappa shape index (κ3) is 2.83. The lowest BCUT2D eigenvalue weighted by Gasteiger charge is -2.32. The van der Waals surface area contributed by atoms with E-state index < -0.39 is 5.91 Å². The van der Waals surface area contributed by atoms with Crippen LogP contribution in [0.5, 0.6) is 0 Å². The lowest BCUT2D eigenvalue weighted by atomic mass is 10.1. The van der Waals surface area contributed by atoms with Gasteiger partial charge in [-0.3, -0.25) is 9.69 Å². The average molecular weight is 288 g/mol. The van der Waals surface area contributed by atoms with E-state index in [9.17, 15) is 4.79 Å². The molecule has 3 rings (SSSR count). The van der Waals surface area contributed by atoms with Crippen LogP contribution >= 0.6 is 0 Å². The van der Waals surface area contributed by atoms with E-state index in [-0.39, 0.29) is 0 Å². The Morgan fingerprint density at radius 1 is 1.14 bits per heavy atom. The van der Waals surface area contributed by atoms with Gasteiger partial charge in [0.05, 0.1) is 16.9 Å². The van der Waals surface area contributed by atoms with Gasteiger partial charge >= 0.3 is 0 Å². The zero-order valence-electron chi connectivity index (χ0n) is 12.4. The number of nitrogens with zero attached hydrogens (tertiary/aromatic N) is 2. The first-order valence-corrected chi connectivity index (χ1v) is 7.84. The molecule has 0 aromatic heterocycles. The second-order valence-electron chi connectivity index (χ2n) is 6.09. The van der Waals surface area contributed by atoms with Gasteiger partial charge in [-0.25, -0.2) is 0 Å². The molecule has 5 heteroatoms. The molecule has 1 atom stereocenters. The maximum atomic E-state index is 11.6. The lowest BCUT2D eigenvalue weighted by molar-refractivity contribution is 0.100. The first-order chi connectivity index (χ1) is 10.2. The highest BCUT2D eigenvalue weighted by Crippen LogP contribution is 2.32. The minimum Gasteiger partial charge on any atom is -0.397 e. The molecule has 1 unspecified atom stereocenters. The highest BCUT2D eigenvalue weighted by Gasteiger charge is 2.30. The van der Waals surface area contributed by atoms with E-state index >= 15 is 0 Å². The highest BCUT2D eigenvalue weighted by atomic mass is 16.1. The molecule has 1 aromatic rings. The molecule has 0 spiro atoms. The Hall–Kier alpha value is -1.75. The molecule has 2 saturated heterocycles. The monoisotopic (exact) mass is 288 g/mol. The van der Waals surface area contributed by atoms with Crippen molar-refractivity contribution in [2.24, 2.45) is 5.73 Å². The standard InChI is InChI=1S/C16H24N4O/c17-14-6-4-5-13(16(18)21)15(14)20-10-7-12(11-20)19-8-2-1-3-9-19/h4-6,12H,1-3,7-11,17H2,(H2,18,21). The van der Waals surface area contributed by atoms with Gasteiger partial charge in [0.25, 0.3) is 5.91 Å². The van der Waals surface area contributed by atoms with E-state index in [0.717, 1.165) is 25.2 Å². The maximum Gasteiger partial charge on any atom is 0.250 e. The van der Waals surface area contributed by atoms with Crippen LogP contribution in [-0.2, 0) is 0 Å². The van der Waals surface area contributed by atoms with Crippen LogP contribution in [0.25, 0.3) is 0 Å². The van der Waals surface area contributed by atoms with Crippen molar-refractivity contribution in [3.8, 4) is 0 Å². The summed E-state index contributed by atoms with van der Waals surface area (Å²) in [5.74, 6) is -0.404. The number of likely N-dealkylation sites (tertiary alicyclic amines) is 1. The Balaban J connectivity index is 1.78. The predicted octanol–water partition coefficient (Wildman–Crippen LogP) is 1.43. The molecule has 2 heterocycles. The second kappa shape index (κ2) is 5.93. The van der Waals surface area contributed by atoms with Crippen LogP contribution in [0.4, 0.5) is 11.4 Å². The van der Waals surface area contributed by atoms with Gasteiger partial charge in [-0.1, -0.05) is 12.5 Å². The molecule has 4 N–H and O–H groups in total. The third-order valence-electron chi connectivity index (χ3n) is 4.72. The Morgan fingerprint density at radius 3 is 2.62 bits per heavy atom. The van der Waals surface area contributed by atoms with E-state index in [1.165, 1.54) is 32.4 Å². The van der Waals surface area contributed by atoms with Crippen LogP contribution in [0.2, 0.25) is 0 Å². The Kier molecular flexibility index (Phi) is 4.01. The predicted molar refractivity (Wildman–Crippen MR) is 85.4 cm³/mol. The summed E-state index contributed by atoms with van der Waals surface area (Å²) in [5.41, 5.74) is 13.6. The molecule has 0 saturated carbocycles. The van der Waals surface area contributed by atoms with Crippen LogP contribution in [-0.4, -0.2) is 43.0 Å². The maximum absolute atomic E-state index is 11.6. The molecule has 0 radical (unpaired) electrons. The topological polar surface area (TPSA) is 75.6 Å². The van der Waals surface area contributed by atoms with Crippen molar-refractivity contribution in [1.29, 1.82) is 0 Å². The number of hydrogen-bond acceptors (Lipinski definition) is 4. The van der Waals surface area contributed by atoms with Crippen molar-refractivity contribution in [3.05, 3.63) is 23.8 Å². The smallest absolute Gasteiger partial charge is 0.250 e. The van der Waals surface area contributed by atoms with E-state index in [0.29, 0.717) is 17.3 Å². The SMILES string of the molecule is NC(=O)c1cccc(N)c1N1CCC(N2CCCCC2)C1. The normalized spacial score (nSPS) is 23.4. The number of nitrogen functional groups attached to an aromatic ring is 1. The van der Waals surface area contributed by atoms with Gasteiger partial charge in [0.2, 0.25) is 0 Å². The highest BCUT2D eigenvalue weighted by molar-refractivity contribution is 6.01. The summed E-state index contributed by atoms with van der Waals surface area (Å²) in [5, 5.41) is 0. The number of piperidine rings is 1. The zero-order valence-corrected chi connectivity index (χ0v) is 12.4. The Bertz CT molecular complexity index is 525. The summed E-state index contributed by atoms with van der Waals surface area (Å²) in [6.07, 6.45) is 5.09. The fraction of sp³-hybridized carbons (Fsp3) is 0.562. The molecule has 0 aliphatic carbocycles. The van der Waals surface area contributed by atoms with Gasteiger partial charge in [-0.05, 0) is 44.5 Å². The fourth-order valence-electron chi connectivity index (χ4n) is 3.64. The van der Waals surface area contributed by atoms with Crippen molar-refractivity contribution in [2.45, 2.75) is 31.7 Å². The minimum atomic E-state index is -0.404. The second-order valence-corrected chi connectivity index (χ2v) is 6.09.